The molecule has 0 spiro atoms. The van der Waals surface area contributed by atoms with Crippen LogP contribution in [0, 0.1) is 10.8 Å². The van der Waals surface area contributed by atoms with E-state index in [4.69, 9.17) is 10.2 Å². The first-order valence-corrected chi connectivity index (χ1v) is 6.94. The fourth-order valence-electron chi connectivity index (χ4n) is 4.31. The zero-order valence-electron chi connectivity index (χ0n) is 11.9. The van der Waals surface area contributed by atoms with E-state index in [9.17, 15) is 4.79 Å². The third kappa shape index (κ3) is 2.13. The largest absolute Gasteiger partial charge is 0.436 e. The predicted octanol–water partition coefficient (Wildman–Crippen LogP) is 2.90. The van der Waals surface area contributed by atoms with Crippen LogP contribution in [-0.2, 0) is 0 Å². The Morgan fingerprint density at radius 3 is 2.74 bits per heavy atom. The lowest BCUT2D eigenvalue weighted by molar-refractivity contribution is 0.0677. The number of likely N-dealkylation sites (tertiary alicyclic amines) is 1. The number of rotatable bonds is 1. The number of hydrogen-bond donors (Lipinski definition) is 1. The van der Waals surface area contributed by atoms with Crippen molar-refractivity contribution in [1.29, 1.82) is 0 Å². The highest BCUT2D eigenvalue weighted by molar-refractivity contribution is 5.92. The lowest BCUT2D eigenvalue weighted by Crippen LogP contribution is -2.37. The smallest absolute Gasteiger partial charge is 0.289 e. The van der Waals surface area contributed by atoms with Crippen molar-refractivity contribution in [1.82, 2.24) is 4.90 Å². The number of carbonyl (C=O) groups excluding carboxylic acids is 1. The maximum absolute atomic E-state index is 12.5. The molecule has 1 aromatic rings. The summed E-state index contributed by atoms with van der Waals surface area (Å²) in [4.78, 5) is 14.5. The summed E-state index contributed by atoms with van der Waals surface area (Å²) in [6.45, 7) is 7.73. The van der Waals surface area contributed by atoms with Gasteiger partial charge in [-0.25, -0.2) is 0 Å². The van der Waals surface area contributed by atoms with Gasteiger partial charge in [-0.2, -0.15) is 0 Å². The number of furan rings is 1. The van der Waals surface area contributed by atoms with Crippen LogP contribution in [0.4, 0.5) is 5.88 Å². The average molecular weight is 262 g/mol. The molecule has 1 aliphatic heterocycles. The van der Waals surface area contributed by atoms with E-state index in [1.165, 1.54) is 6.42 Å². The Bertz CT molecular complexity index is 520. The van der Waals surface area contributed by atoms with Crippen molar-refractivity contribution in [2.45, 2.75) is 46.1 Å². The van der Waals surface area contributed by atoms with Crippen LogP contribution >= 0.6 is 0 Å². The summed E-state index contributed by atoms with van der Waals surface area (Å²) in [5.41, 5.74) is 6.12. The number of carbonyl (C=O) groups is 1. The number of nitrogen functional groups attached to an aromatic ring is 1. The van der Waals surface area contributed by atoms with Crippen molar-refractivity contribution in [2.75, 3.05) is 12.3 Å². The zero-order valence-corrected chi connectivity index (χ0v) is 11.9. The highest BCUT2D eigenvalue weighted by Crippen LogP contribution is 2.52. The Kier molecular flexibility index (Phi) is 2.50. The van der Waals surface area contributed by atoms with Gasteiger partial charge in [0.25, 0.3) is 5.91 Å². The van der Waals surface area contributed by atoms with Crippen LogP contribution in [0.25, 0.3) is 0 Å². The van der Waals surface area contributed by atoms with Crippen molar-refractivity contribution >= 4 is 11.8 Å². The Balaban J connectivity index is 1.86. The van der Waals surface area contributed by atoms with Crippen LogP contribution in [-0.4, -0.2) is 23.4 Å². The van der Waals surface area contributed by atoms with E-state index in [-0.39, 0.29) is 11.3 Å². The van der Waals surface area contributed by atoms with Gasteiger partial charge in [-0.15, -0.1) is 0 Å². The van der Waals surface area contributed by atoms with Crippen LogP contribution in [0.2, 0.25) is 0 Å². The molecule has 104 valence electrons. The molecule has 2 heterocycles. The molecule has 2 N–H and O–H groups in total. The summed E-state index contributed by atoms with van der Waals surface area (Å²) in [5.74, 6) is 0.659. The van der Waals surface area contributed by atoms with E-state index < -0.39 is 0 Å². The lowest BCUT2D eigenvalue weighted by atomic mass is 9.65. The Hall–Kier alpha value is -1.45. The summed E-state index contributed by atoms with van der Waals surface area (Å²) >= 11 is 0. The summed E-state index contributed by atoms with van der Waals surface area (Å²) in [6.07, 6.45) is 3.36. The minimum atomic E-state index is -0.0110. The van der Waals surface area contributed by atoms with Gasteiger partial charge in [0, 0.05) is 18.7 Å². The summed E-state index contributed by atoms with van der Waals surface area (Å²) in [6, 6.07) is 3.65. The van der Waals surface area contributed by atoms with E-state index in [0.717, 1.165) is 19.4 Å². The zero-order chi connectivity index (χ0) is 13.8. The van der Waals surface area contributed by atoms with E-state index in [2.05, 4.69) is 20.8 Å². The third-order valence-electron chi connectivity index (χ3n) is 4.51. The van der Waals surface area contributed by atoms with Gasteiger partial charge in [-0.3, -0.25) is 4.79 Å². The van der Waals surface area contributed by atoms with Crippen LogP contribution < -0.4 is 5.73 Å². The molecule has 1 amide bonds. The standard InChI is InChI=1S/C15H22N2O2/c1-14(2)6-10-7-15(3,8-14)9-17(10)13(18)11-4-5-12(16)19-11/h4-5,10H,6-9,16H2,1-3H3. The topological polar surface area (TPSA) is 59.5 Å². The van der Waals surface area contributed by atoms with E-state index >= 15 is 0 Å². The van der Waals surface area contributed by atoms with Gasteiger partial charge in [0.2, 0.25) is 0 Å². The molecule has 0 radical (unpaired) electrons. The summed E-state index contributed by atoms with van der Waals surface area (Å²) in [7, 11) is 0. The first kappa shape index (κ1) is 12.6. The van der Waals surface area contributed by atoms with Crippen LogP contribution in [0.15, 0.2) is 16.5 Å². The average Bonchev–Trinajstić information content (AvgIpc) is 2.78. The monoisotopic (exact) mass is 262 g/mol. The molecule has 1 aromatic heterocycles. The lowest BCUT2D eigenvalue weighted by Gasteiger charge is -2.39. The molecular formula is C15H22N2O2. The van der Waals surface area contributed by atoms with Gasteiger partial charge in [-0.05, 0) is 36.2 Å². The Morgan fingerprint density at radius 2 is 2.11 bits per heavy atom. The molecule has 2 bridgehead atoms. The molecule has 2 atom stereocenters. The molecule has 1 aliphatic carbocycles. The minimum absolute atomic E-state index is 0.0110. The molecule has 19 heavy (non-hydrogen) atoms. The van der Waals surface area contributed by atoms with Gasteiger partial charge in [0.05, 0.1) is 0 Å². The fourth-order valence-corrected chi connectivity index (χ4v) is 4.31. The van der Waals surface area contributed by atoms with Gasteiger partial charge in [-0.1, -0.05) is 20.8 Å². The van der Waals surface area contributed by atoms with Gasteiger partial charge < -0.3 is 15.1 Å². The number of hydrogen-bond acceptors (Lipinski definition) is 3. The Morgan fingerprint density at radius 1 is 1.37 bits per heavy atom. The first-order valence-electron chi connectivity index (χ1n) is 6.94. The number of nitrogens with zero attached hydrogens (tertiary/aromatic N) is 1. The second kappa shape index (κ2) is 3.78. The molecule has 2 unspecified atom stereocenters. The Labute approximate surface area is 113 Å². The van der Waals surface area contributed by atoms with Crippen molar-refractivity contribution in [2.24, 2.45) is 10.8 Å². The molecule has 2 fully saturated rings. The first-order chi connectivity index (χ1) is 8.78. The van der Waals surface area contributed by atoms with Crippen molar-refractivity contribution in [3.8, 4) is 0 Å². The second-order valence-corrected chi connectivity index (χ2v) is 7.35. The van der Waals surface area contributed by atoms with Crippen LogP contribution in [0.5, 0.6) is 0 Å². The van der Waals surface area contributed by atoms with Crippen molar-refractivity contribution in [3.05, 3.63) is 17.9 Å². The molecule has 1 saturated carbocycles. The predicted molar refractivity (Wildman–Crippen MR) is 73.7 cm³/mol. The van der Waals surface area contributed by atoms with Gasteiger partial charge >= 0.3 is 0 Å². The SMILES string of the molecule is CC1(C)CC2CC(C)(CN2C(=O)c2ccc(N)o2)C1. The molecule has 2 aliphatic rings. The molecule has 1 saturated heterocycles. The molecule has 4 heteroatoms. The normalized spacial score (nSPS) is 32.6. The third-order valence-corrected chi connectivity index (χ3v) is 4.51. The number of amides is 1. The quantitative estimate of drug-likeness (QED) is 0.846. The molecule has 0 aromatic carbocycles. The molecule has 4 nitrogen and oxygen atoms in total. The van der Waals surface area contributed by atoms with Crippen molar-refractivity contribution in [3.63, 3.8) is 0 Å². The van der Waals surface area contributed by atoms with E-state index in [0.29, 0.717) is 23.1 Å². The minimum Gasteiger partial charge on any atom is -0.436 e. The summed E-state index contributed by atoms with van der Waals surface area (Å²) < 4.78 is 5.28. The maximum atomic E-state index is 12.5. The summed E-state index contributed by atoms with van der Waals surface area (Å²) in [5, 5.41) is 0. The fraction of sp³-hybridized carbons (Fsp3) is 0.667. The maximum Gasteiger partial charge on any atom is 0.289 e. The van der Waals surface area contributed by atoms with E-state index in [1.54, 1.807) is 12.1 Å². The van der Waals surface area contributed by atoms with Gasteiger partial charge in [0.15, 0.2) is 11.6 Å². The van der Waals surface area contributed by atoms with Gasteiger partial charge in [0.1, 0.15) is 0 Å². The van der Waals surface area contributed by atoms with E-state index in [1.807, 2.05) is 4.90 Å². The highest BCUT2D eigenvalue weighted by Gasteiger charge is 2.51. The van der Waals surface area contributed by atoms with Crippen LogP contribution in [0.3, 0.4) is 0 Å². The van der Waals surface area contributed by atoms with Crippen LogP contribution in [0.1, 0.15) is 50.6 Å². The second-order valence-electron chi connectivity index (χ2n) is 7.35. The number of anilines is 1. The number of nitrogens with two attached hydrogens (primary N) is 1. The molecule has 3 rings (SSSR count). The number of fused-ring (bicyclic) bond motifs is 2. The molecular weight excluding hydrogens is 240 g/mol. The van der Waals surface area contributed by atoms with Crippen molar-refractivity contribution < 1.29 is 9.21 Å². The highest BCUT2D eigenvalue weighted by atomic mass is 16.4.